The Morgan fingerprint density at radius 2 is 1.70 bits per heavy atom. The van der Waals surface area contributed by atoms with Gasteiger partial charge in [-0.25, -0.2) is 4.98 Å². The van der Waals surface area contributed by atoms with Crippen LogP contribution in [0.25, 0.3) is 44.0 Å². The summed E-state index contributed by atoms with van der Waals surface area (Å²) in [7, 11) is 0. The van der Waals surface area contributed by atoms with Crippen molar-refractivity contribution in [2.45, 2.75) is 0 Å². The first-order valence-corrected chi connectivity index (χ1v) is 7.60. The topological polar surface area (TPSA) is 41.6 Å². The third-order valence-electron chi connectivity index (χ3n) is 4.29. The van der Waals surface area contributed by atoms with E-state index in [2.05, 4.69) is 51.4 Å². The first kappa shape index (κ1) is 12.4. The maximum Gasteiger partial charge on any atom is 0.138 e. The third-order valence-corrected chi connectivity index (χ3v) is 4.29. The molecule has 0 amide bonds. The fourth-order valence-electron chi connectivity index (χ4n) is 3.14. The van der Waals surface area contributed by atoms with Crippen molar-refractivity contribution in [1.82, 2.24) is 15.0 Å². The van der Waals surface area contributed by atoms with Gasteiger partial charge in [0.25, 0.3) is 0 Å². The highest BCUT2D eigenvalue weighted by atomic mass is 14.8. The Morgan fingerprint density at radius 3 is 2.70 bits per heavy atom. The highest BCUT2D eigenvalue weighted by Crippen LogP contribution is 2.29. The number of aromatic nitrogens is 3. The molecule has 0 saturated carbocycles. The second-order valence-electron chi connectivity index (χ2n) is 5.70. The summed E-state index contributed by atoms with van der Waals surface area (Å²) in [5.74, 6) is 0. The molecular formula is C20H13N3. The number of nitrogens with one attached hydrogen (secondary N) is 1. The van der Waals surface area contributed by atoms with Crippen LogP contribution in [0.15, 0.2) is 73.1 Å². The van der Waals surface area contributed by atoms with Gasteiger partial charge in [-0.3, -0.25) is 4.98 Å². The summed E-state index contributed by atoms with van der Waals surface area (Å²) < 4.78 is 0. The van der Waals surface area contributed by atoms with Gasteiger partial charge in [0.2, 0.25) is 0 Å². The smallest absolute Gasteiger partial charge is 0.138 e. The van der Waals surface area contributed by atoms with Crippen LogP contribution in [0, 0.1) is 0 Å². The van der Waals surface area contributed by atoms with Gasteiger partial charge in [0, 0.05) is 39.6 Å². The summed E-state index contributed by atoms with van der Waals surface area (Å²) in [6, 6.07) is 20.9. The number of hydrogen-bond acceptors (Lipinski definition) is 2. The van der Waals surface area contributed by atoms with Crippen LogP contribution < -0.4 is 0 Å². The first-order valence-electron chi connectivity index (χ1n) is 7.60. The second-order valence-corrected chi connectivity index (χ2v) is 5.70. The average molecular weight is 295 g/mol. The zero-order valence-electron chi connectivity index (χ0n) is 12.3. The van der Waals surface area contributed by atoms with Gasteiger partial charge in [-0.15, -0.1) is 0 Å². The lowest BCUT2D eigenvalue weighted by atomic mass is 10.0. The molecule has 3 heteroatoms. The fraction of sp³-hybridized carbons (Fsp3) is 0. The van der Waals surface area contributed by atoms with E-state index >= 15 is 0 Å². The van der Waals surface area contributed by atoms with Crippen molar-refractivity contribution >= 4 is 32.8 Å². The van der Waals surface area contributed by atoms with Crippen molar-refractivity contribution in [3.05, 3.63) is 73.1 Å². The third kappa shape index (κ3) is 1.90. The Kier molecular flexibility index (Phi) is 2.50. The zero-order chi connectivity index (χ0) is 15.2. The summed E-state index contributed by atoms with van der Waals surface area (Å²) in [4.78, 5) is 12.3. The molecular weight excluding hydrogens is 282 g/mol. The maximum absolute atomic E-state index is 4.56. The minimum atomic E-state index is 0.927. The van der Waals surface area contributed by atoms with Crippen molar-refractivity contribution in [2.24, 2.45) is 0 Å². The van der Waals surface area contributed by atoms with Crippen LogP contribution in [0.2, 0.25) is 0 Å². The molecule has 0 atom stereocenters. The number of benzene rings is 2. The molecule has 0 unspecified atom stereocenters. The summed E-state index contributed by atoms with van der Waals surface area (Å²) in [5.41, 5.74) is 5.33. The molecule has 0 fully saturated rings. The van der Waals surface area contributed by atoms with E-state index in [0.29, 0.717) is 0 Å². The van der Waals surface area contributed by atoms with E-state index in [9.17, 15) is 0 Å². The molecule has 0 aliphatic carbocycles. The van der Waals surface area contributed by atoms with Crippen LogP contribution >= 0.6 is 0 Å². The summed E-state index contributed by atoms with van der Waals surface area (Å²) in [6.07, 6.45) is 3.75. The van der Waals surface area contributed by atoms with Crippen molar-refractivity contribution in [2.75, 3.05) is 0 Å². The monoisotopic (exact) mass is 295 g/mol. The molecule has 0 aliphatic heterocycles. The van der Waals surface area contributed by atoms with E-state index in [4.69, 9.17) is 0 Å². The average Bonchev–Trinajstić information content (AvgIpc) is 2.99. The van der Waals surface area contributed by atoms with Gasteiger partial charge >= 0.3 is 0 Å². The first-order chi connectivity index (χ1) is 11.4. The summed E-state index contributed by atoms with van der Waals surface area (Å²) in [6.45, 7) is 0. The number of fused-ring (bicyclic) bond motifs is 4. The molecule has 3 aromatic heterocycles. The van der Waals surface area contributed by atoms with Crippen molar-refractivity contribution < 1.29 is 0 Å². The summed E-state index contributed by atoms with van der Waals surface area (Å²) >= 11 is 0. The van der Waals surface area contributed by atoms with Gasteiger partial charge in [0.05, 0.1) is 5.52 Å². The molecule has 0 radical (unpaired) electrons. The summed E-state index contributed by atoms with van der Waals surface area (Å²) in [5, 5.41) is 3.51. The molecule has 1 N–H and O–H groups in total. The minimum absolute atomic E-state index is 0.927. The fourth-order valence-corrected chi connectivity index (χ4v) is 3.14. The Bertz CT molecular complexity index is 1170. The molecule has 5 rings (SSSR count). The van der Waals surface area contributed by atoms with E-state index in [1.165, 1.54) is 5.39 Å². The lowest BCUT2D eigenvalue weighted by molar-refractivity contribution is 1.35. The number of hydrogen-bond donors (Lipinski definition) is 1. The van der Waals surface area contributed by atoms with Gasteiger partial charge in [0.1, 0.15) is 5.65 Å². The van der Waals surface area contributed by atoms with Gasteiger partial charge in [0.15, 0.2) is 0 Å². The van der Waals surface area contributed by atoms with E-state index in [1.54, 1.807) is 0 Å². The lowest BCUT2D eigenvalue weighted by Gasteiger charge is -2.04. The lowest BCUT2D eigenvalue weighted by Crippen LogP contribution is -1.83. The minimum Gasteiger partial charge on any atom is -0.339 e. The van der Waals surface area contributed by atoms with Crippen LogP contribution in [-0.4, -0.2) is 15.0 Å². The van der Waals surface area contributed by atoms with Gasteiger partial charge in [-0.2, -0.15) is 0 Å². The number of para-hydroxylation sites is 1. The number of H-pyrrole nitrogens is 1. The van der Waals surface area contributed by atoms with E-state index in [-0.39, 0.29) is 0 Å². The van der Waals surface area contributed by atoms with Gasteiger partial charge < -0.3 is 4.98 Å². The molecule has 3 heterocycles. The van der Waals surface area contributed by atoms with Crippen LogP contribution in [0.4, 0.5) is 0 Å². The molecule has 23 heavy (non-hydrogen) atoms. The molecule has 0 aliphatic rings. The second kappa shape index (κ2) is 4.65. The van der Waals surface area contributed by atoms with Gasteiger partial charge in [-0.05, 0) is 35.9 Å². The normalized spacial score (nSPS) is 11.5. The SMILES string of the molecule is c1ccc2ncc(-c3ccc4c(c3)[nH]c3ncccc34)cc2c1. The van der Waals surface area contributed by atoms with Crippen molar-refractivity contribution in [3.8, 4) is 11.1 Å². The Morgan fingerprint density at radius 1 is 0.739 bits per heavy atom. The van der Waals surface area contributed by atoms with Crippen LogP contribution in [-0.2, 0) is 0 Å². The zero-order valence-corrected chi connectivity index (χ0v) is 12.3. The Balaban J connectivity index is 1.73. The standard InChI is InChI=1S/C20H13N3/c1-2-6-18-14(4-1)10-15(12-22-18)13-7-8-16-17-5-3-9-21-20(17)23-19(16)11-13/h1-12H,(H,21,23). The molecule has 3 nitrogen and oxygen atoms in total. The molecule has 2 aromatic carbocycles. The van der Waals surface area contributed by atoms with Crippen molar-refractivity contribution in [3.63, 3.8) is 0 Å². The molecule has 108 valence electrons. The highest BCUT2D eigenvalue weighted by Gasteiger charge is 2.07. The molecule has 0 bridgehead atoms. The number of rotatable bonds is 1. The number of nitrogens with zero attached hydrogens (tertiary/aromatic N) is 2. The van der Waals surface area contributed by atoms with E-state index in [0.717, 1.165) is 38.6 Å². The predicted octanol–water partition coefficient (Wildman–Crippen LogP) is 4.93. The van der Waals surface area contributed by atoms with Crippen LogP contribution in [0.1, 0.15) is 0 Å². The Hall–Kier alpha value is -3.20. The maximum atomic E-state index is 4.56. The van der Waals surface area contributed by atoms with Crippen LogP contribution in [0.5, 0.6) is 0 Å². The van der Waals surface area contributed by atoms with E-state index in [1.807, 2.05) is 36.7 Å². The van der Waals surface area contributed by atoms with Crippen molar-refractivity contribution in [1.29, 1.82) is 0 Å². The molecule has 0 spiro atoms. The molecule has 0 saturated heterocycles. The molecule has 5 aromatic rings. The predicted molar refractivity (Wildman–Crippen MR) is 94.3 cm³/mol. The van der Waals surface area contributed by atoms with Gasteiger partial charge in [-0.1, -0.05) is 30.3 Å². The van der Waals surface area contributed by atoms with Crippen LogP contribution in [0.3, 0.4) is 0 Å². The highest BCUT2D eigenvalue weighted by molar-refractivity contribution is 6.06. The number of pyridine rings is 2. The number of aromatic amines is 1. The Labute approximate surface area is 132 Å². The quantitative estimate of drug-likeness (QED) is 0.476. The van der Waals surface area contributed by atoms with E-state index < -0.39 is 0 Å². The largest absolute Gasteiger partial charge is 0.339 e.